The first-order valence-electron chi connectivity index (χ1n) is 10.7. The van der Waals surface area contributed by atoms with Gasteiger partial charge in [-0.1, -0.05) is 18.2 Å². The summed E-state index contributed by atoms with van der Waals surface area (Å²) in [5, 5.41) is 5.37. The van der Waals surface area contributed by atoms with Crippen molar-refractivity contribution in [1.29, 1.82) is 0 Å². The summed E-state index contributed by atoms with van der Waals surface area (Å²) in [5.74, 6) is -1.75. The molecular formula is C22H25N5O5. The predicted octanol–water partition coefficient (Wildman–Crippen LogP) is 1.61. The molecule has 0 unspecified atom stereocenters. The summed E-state index contributed by atoms with van der Waals surface area (Å²) >= 11 is 0. The number of carbonyl (C=O) groups is 3. The van der Waals surface area contributed by atoms with Crippen LogP contribution in [0, 0.1) is 5.92 Å². The van der Waals surface area contributed by atoms with Crippen LogP contribution in [0.5, 0.6) is 0 Å². The number of aromatic amines is 1. The molecule has 1 atom stereocenters. The molecule has 10 nitrogen and oxygen atoms in total. The molecule has 3 heterocycles. The fourth-order valence-corrected chi connectivity index (χ4v) is 4.07. The van der Waals surface area contributed by atoms with E-state index in [1.807, 2.05) is 11.0 Å². The van der Waals surface area contributed by atoms with Crippen molar-refractivity contribution in [2.75, 3.05) is 35.2 Å². The van der Waals surface area contributed by atoms with Crippen molar-refractivity contribution < 1.29 is 19.1 Å². The van der Waals surface area contributed by atoms with E-state index < -0.39 is 17.4 Å². The maximum absolute atomic E-state index is 12.9. The lowest BCUT2D eigenvalue weighted by molar-refractivity contribution is -0.148. The third-order valence-corrected chi connectivity index (χ3v) is 5.71. The Balaban J connectivity index is 1.54. The minimum Gasteiger partial charge on any atom is -0.466 e. The average molecular weight is 439 g/mol. The summed E-state index contributed by atoms with van der Waals surface area (Å²) in [6, 6.07) is 8.84. The molecule has 2 aromatic rings. The van der Waals surface area contributed by atoms with E-state index in [-0.39, 0.29) is 35.6 Å². The molecule has 168 valence electrons. The number of benzene rings is 1. The van der Waals surface area contributed by atoms with E-state index >= 15 is 0 Å². The van der Waals surface area contributed by atoms with Gasteiger partial charge in [0.25, 0.3) is 5.56 Å². The lowest BCUT2D eigenvalue weighted by Gasteiger charge is -2.32. The van der Waals surface area contributed by atoms with Gasteiger partial charge in [0.05, 0.1) is 24.0 Å². The van der Waals surface area contributed by atoms with Crippen LogP contribution in [-0.2, 0) is 19.1 Å². The van der Waals surface area contributed by atoms with Gasteiger partial charge in [-0.3, -0.25) is 24.2 Å². The van der Waals surface area contributed by atoms with Crippen LogP contribution in [0.4, 0.5) is 17.5 Å². The normalized spacial score (nSPS) is 18.5. The highest BCUT2D eigenvalue weighted by atomic mass is 16.5. The van der Waals surface area contributed by atoms with E-state index in [1.54, 1.807) is 31.2 Å². The fourth-order valence-electron chi connectivity index (χ4n) is 4.07. The molecule has 0 radical (unpaired) electrons. The van der Waals surface area contributed by atoms with Gasteiger partial charge in [-0.2, -0.15) is 4.98 Å². The molecule has 2 aliphatic rings. The fraction of sp³-hybridized carbons (Fsp3) is 0.409. The van der Waals surface area contributed by atoms with Gasteiger partial charge in [-0.15, -0.1) is 0 Å². The monoisotopic (exact) mass is 439 g/mol. The Morgan fingerprint density at radius 1 is 1.19 bits per heavy atom. The van der Waals surface area contributed by atoms with E-state index in [4.69, 9.17) is 4.74 Å². The topological polar surface area (TPSA) is 133 Å². The van der Waals surface area contributed by atoms with Crippen molar-refractivity contribution in [3.05, 3.63) is 46.2 Å². The van der Waals surface area contributed by atoms with Crippen LogP contribution in [0.3, 0.4) is 0 Å². The first-order valence-corrected chi connectivity index (χ1v) is 10.7. The molecule has 0 saturated carbocycles. The van der Waals surface area contributed by atoms with E-state index in [0.29, 0.717) is 44.2 Å². The lowest BCUT2D eigenvalue weighted by atomic mass is 9.92. The Kier molecular flexibility index (Phi) is 6.20. The number of nitrogens with zero attached hydrogens (tertiary/aromatic N) is 2. The first-order chi connectivity index (χ1) is 15.5. The molecule has 2 aliphatic heterocycles. The summed E-state index contributed by atoms with van der Waals surface area (Å²) in [6.07, 6.45) is 1.02. The molecule has 32 heavy (non-hydrogen) atoms. The Morgan fingerprint density at radius 2 is 1.91 bits per heavy atom. The number of anilines is 3. The minimum atomic E-state index is -0.946. The quantitative estimate of drug-likeness (QED) is 0.603. The van der Waals surface area contributed by atoms with Crippen molar-refractivity contribution in [2.45, 2.75) is 32.1 Å². The van der Waals surface area contributed by atoms with Crippen molar-refractivity contribution in [2.24, 2.45) is 5.92 Å². The maximum atomic E-state index is 12.9. The van der Waals surface area contributed by atoms with Crippen molar-refractivity contribution >= 4 is 35.2 Å². The van der Waals surface area contributed by atoms with Gasteiger partial charge < -0.3 is 20.3 Å². The van der Waals surface area contributed by atoms with Crippen LogP contribution in [0.2, 0.25) is 0 Å². The lowest BCUT2D eigenvalue weighted by Crippen LogP contribution is -2.41. The number of esters is 1. The molecule has 10 heteroatoms. The number of hydrogen-bond acceptors (Lipinski definition) is 7. The molecule has 0 spiro atoms. The zero-order valence-corrected chi connectivity index (χ0v) is 17.7. The highest BCUT2D eigenvalue weighted by Crippen LogP contribution is 2.31. The number of para-hydroxylation sites is 1. The molecule has 2 amide bonds. The maximum Gasteiger partial charge on any atom is 0.309 e. The highest BCUT2D eigenvalue weighted by molar-refractivity contribution is 6.04. The van der Waals surface area contributed by atoms with Gasteiger partial charge in [-0.25, -0.2) is 0 Å². The van der Waals surface area contributed by atoms with Crippen LogP contribution >= 0.6 is 0 Å². The number of amides is 2. The summed E-state index contributed by atoms with van der Waals surface area (Å²) in [6.45, 7) is 3.14. The Hall–Kier alpha value is -3.69. The smallest absolute Gasteiger partial charge is 0.309 e. The van der Waals surface area contributed by atoms with Crippen LogP contribution in [-0.4, -0.2) is 47.4 Å². The zero-order chi connectivity index (χ0) is 22.7. The average Bonchev–Trinajstić information content (AvgIpc) is 2.79. The molecule has 3 N–H and O–H groups in total. The number of H-pyrrole nitrogens is 1. The molecule has 1 aromatic heterocycles. The summed E-state index contributed by atoms with van der Waals surface area (Å²) in [7, 11) is 0. The number of piperidine rings is 1. The standard InChI is InChI=1S/C22H25N5O5/c1-2-32-21(31)13-8-10-27(11-9-13)22-25-18-17(20(30)26-22)15(12-16(28)24-18)19(29)23-14-6-4-3-5-7-14/h3-7,13,15H,2,8-12H2,1H3,(H,23,29)(H2,24,25,26,28,30)/t15-/m0/s1. The van der Waals surface area contributed by atoms with Crippen molar-refractivity contribution in [3.63, 3.8) is 0 Å². The molecule has 1 fully saturated rings. The third-order valence-electron chi connectivity index (χ3n) is 5.71. The van der Waals surface area contributed by atoms with Gasteiger partial charge in [-0.05, 0) is 31.9 Å². The Labute approximate surface area is 184 Å². The number of nitrogens with one attached hydrogen (secondary N) is 3. The largest absolute Gasteiger partial charge is 0.466 e. The van der Waals surface area contributed by atoms with E-state index in [1.165, 1.54) is 0 Å². The summed E-state index contributed by atoms with van der Waals surface area (Å²) in [4.78, 5) is 59.0. The van der Waals surface area contributed by atoms with Crippen LogP contribution in [0.1, 0.15) is 37.7 Å². The molecular weight excluding hydrogens is 414 g/mol. The van der Waals surface area contributed by atoms with Crippen LogP contribution < -0.4 is 21.1 Å². The first kappa shape index (κ1) is 21.5. The number of ether oxygens (including phenoxy) is 1. The highest BCUT2D eigenvalue weighted by Gasteiger charge is 2.35. The van der Waals surface area contributed by atoms with Crippen LogP contribution in [0.25, 0.3) is 0 Å². The number of carbonyl (C=O) groups excluding carboxylic acids is 3. The summed E-state index contributed by atoms with van der Waals surface area (Å²) < 4.78 is 5.09. The van der Waals surface area contributed by atoms with Crippen molar-refractivity contribution in [3.8, 4) is 0 Å². The number of fused-ring (bicyclic) bond motifs is 1. The molecule has 1 saturated heterocycles. The minimum absolute atomic E-state index is 0.0979. The van der Waals surface area contributed by atoms with Gasteiger partial charge in [0, 0.05) is 25.2 Å². The number of hydrogen-bond donors (Lipinski definition) is 3. The SMILES string of the molecule is CCOC(=O)C1CCN(c2nc3c(c(=O)[nH]2)[C@@H](C(=O)Nc2ccccc2)CC(=O)N3)CC1. The number of rotatable bonds is 5. The van der Waals surface area contributed by atoms with Gasteiger partial charge in [0.1, 0.15) is 5.82 Å². The predicted molar refractivity (Wildman–Crippen MR) is 117 cm³/mol. The van der Waals surface area contributed by atoms with E-state index in [9.17, 15) is 19.2 Å². The van der Waals surface area contributed by atoms with Crippen molar-refractivity contribution in [1.82, 2.24) is 9.97 Å². The molecule has 0 aliphatic carbocycles. The van der Waals surface area contributed by atoms with E-state index in [2.05, 4.69) is 20.6 Å². The van der Waals surface area contributed by atoms with E-state index in [0.717, 1.165) is 0 Å². The van der Waals surface area contributed by atoms with Gasteiger partial charge >= 0.3 is 5.97 Å². The molecule has 4 rings (SSSR count). The van der Waals surface area contributed by atoms with Gasteiger partial charge in [0.2, 0.25) is 17.8 Å². The second kappa shape index (κ2) is 9.21. The Bertz CT molecular complexity index is 1080. The third kappa shape index (κ3) is 4.48. The molecule has 1 aromatic carbocycles. The second-order valence-corrected chi connectivity index (χ2v) is 7.83. The summed E-state index contributed by atoms with van der Waals surface area (Å²) in [5.41, 5.74) is 0.254. The molecule has 0 bridgehead atoms. The van der Waals surface area contributed by atoms with Gasteiger partial charge in [0.15, 0.2) is 0 Å². The zero-order valence-electron chi connectivity index (χ0n) is 17.7. The number of aromatic nitrogens is 2. The second-order valence-electron chi connectivity index (χ2n) is 7.83. The van der Waals surface area contributed by atoms with Crippen LogP contribution in [0.15, 0.2) is 35.1 Å². The Morgan fingerprint density at radius 3 is 2.59 bits per heavy atom.